The summed E-state index contributed by atoms with van der Waals surface area (Å²) in [5.74, 6) is 0. The van der Waals surface area contributed by atoms with E-state index in [1.54, 1.807) is 0 Å². The Bertz CT molecular complexity index is 3510. The van der Waals surface area contributed by atoms with Gasteiger partial charge in [-0.2, -0.15) is 0 Å². The Morgan fingerprint density at radius 3 is 1.70 bits per heavy atom. The molecule has 3 heteroatoms. The Morgan fingerprint density at radius 1 is 0.344 bits per heavy atom. The van der Waals surface area contributed by atoms with Crippen LogP contribution in [0.2, 0.25) is 0 Å². The predicted octanol–water partition coefficient (Wildman–Crippen LogP) is 16.3. The van der Waals surface area contributed by atoms with Gasteiger partial charge in [0, 0.05) is 33.4 Å². The minimum atomic E-state index is 1.12. The largest absolute Gasteiger partial charge is 0.309 e. The second-order valence-electron chi connectivity index (χ2n) is 16.2. The van der Waals surface area contributed by atoms with Crippen LogP contribution in [0.1, 0.15) is 11.1 Å². The van der Waals surface area contributed by atoms with E-state index in [1.165, 1.54) is 76.9 Å². The van der Waals surface area contributed by atoms with Crippen LogP contribution in [-0.4, -0.2) is 4.57 Å². The van der Waals surface area contributed by atoms with Crippen molar-refractivity contribution in [3.63, 3.8) is 0 Å². The highest BCUT2D eigenvalue weighted by atomic mass is 15.3. The van der Waals surface area contributed by atoms with Crippen molar-refractivity contribution in [2.45, 2.75) is 13.8 Å². The van der Waals surface area contributed by atoms with Gasteiger partial charge >= 0.3 is 0 Å². The summed E-state index contributed by atoms with van der Waals surface area (Å²) in [6.07, 6.45) is 0. The molecule has 0 fully saturated rings. The summed E-state index contributed by atoms with van der Waals surface area (Å²) in [6, 6.07) is 77.9. The first-order valence-electron chi connectivity index (χ1n) is 21.1. The third-order valence-corrected chi connectivity index (χ3v) is 12.7. The molecule has 10 aromatic carbocycles. The van der Waals surface area contributed by atoms with E-state index in [9.17, 15) is 0 Å². The normalized spacial score (nSPS) is 12.4. The molecular weight excluding hydrogens is 739 g/mol. The van der Waals surface area contributed by atoms with E-state index in [-0.39, 0.29) is 0 Å². The molecule has 1 aromatic heterocycles. The Balaban J connectivity index is 1.17. The molecule has 12 rings (SSSR count). The molecule has 288 valence electrons. The quantitative estimate of drug-likeness (QED) is 0.161. The molecule has 0 N–H and O–H groups in total. The number of para-hydroxylation sites is 3. The number of aromatic nitrogens is 1. The van der Waals surface area contributed by atoms with Crippen LogP contribution in [0.3, 0.4) is 0 Å². The summed E-state index contributed by atoms with van der Waals surface area (Å²) in [5, 5.41) is 7.47. The Morgan fingerprint density at radius 2 is 0.934 bits per heavy atom. The molecule has 61 heavy (non-hydrogen) atoms. The van der Waals surface area contributed by atoms with Gasteiger partial charge in [0.15, 0.2) is 0 Å². The first-order chi connectivity index (χ1) is 30.1. The molecule has 2 heterocycles. The standard InChI is InChI=1S/C58H41N3/c1-38-18-9-11-26-45(38)55-39(2)32-33-53-57(55)60(42-21-5-3-6-22-42)54-35-34-52-56(58(54)61(53)43-23-7-4-8-24-43)49-30-15-16-31-51(49)59(52)44-25-17-20-40(36-44)50-37-41-19-10-12-27-46(41)47-28-13-14-29-48(47)50/h3-37H,1-2H3. The minimum absolute atomic E-state index is 1.12. The number of nitrogens with zero attached hydrogens (tertiary/aromatic N) is 3. The SMILES string of the molecule is Cc1ccccc1-c1c(C)ccc2c1N(c1ccccc1)c1ccc3c(c1N2c1ccccc1)c1ccccc1n3-c1cccc(-c2cc3ccccc3c3ccccc23)c1. The molecule has 1 aliphatic heterocycles. The molecule has 0 amide bonds. The molecule has 11 aromatic rings. The zero-order chi connectivity index (χ0) is 40.6. The average molecular weight is 780 g/mol. The van der Waals surface area contributed by atoms with Crippen LogP contribution in [0.5, 0.6) is 0 Å². The Hall–Kier alpha value is -7.88. The highest BCUT2D eigenvalue weighted by Gasteiger charge is 2.36. The monoisotopic (exact) mass is 779 g/mol. The Labute approximate surface area is 355 Å². The van der Waals surface area contributed by atoms with Crippen LogP contribution < -0.4 is 9.80 Å². The third-order valence-electron chi connectivity index (χ3n) is 12.7. The lowest BCUT2D eigenvalue weighted by Gasteiger charge is -2.42. The van der Waals surface area contributed by atoms with E-state index in [2.05, 4.69) is 241 Å². The van der Waals surface area contributed by atoms with Crippen molar-refractivity contribution in [2.24, 2.45) is 0 Å². The van der Waals surface area contributed by atoms with Crippen LogP contribution in [0.15, 0.2) is 212 Å². The summed E-state index contributed by atoms with van der Waals surface area (Å²) < 4.78 is 2.47. The summed E-state index contributed by atoms with van der Waals surface area (Å²) in [5.41, 5.74) is 17.7. The van der Waals surface area contributed by atoms with Crippen molar-refractivity contribution >= 4 is 77.5 Å². The first kappa shape index (κ1) is 35.1. The van der Waals surface area contributed by atoms with Gasteiger partial charge in [-0.1, -0.05) is 146 Å². The minimum Gasteiger partial charge on any atom is -0.309 e. The fourth-order valence-corrected chi connectivity index (χ4v) is 10.0. The molecule has 0 saturated heterocycles. The van der Waals surface area contributed by atoms with Crippen molar-refractivity contribution in [3.8, 4) is 27.9 Å². The predicted molar refractivity (Wildman–Crippen MR) is 259 cm³/mol. The molecule has 0 radical (unpaired) electrons. The van der Waals surface area contributed by atoms with Gasteiger partial charge in [-0.3, -0.25) is 0 Å². The Kier molecular flexibility index (Phi) is 7.98. The van der Waals surface area contributed by atoms with Gasteiger partial charge in [-0.05, 0) is 130 Å². The number of hydrogen-bond acceptors (Lipinski definition) is 2. The molecule has 0 spiro atoms. The van der Waals surface area contributed by atoms with Crippen molar-refractivity contribution in [1.29, 1.82) is 0 Å². The summed E-state index contributed by atoms with van der Waals surface area (Å²) in [4.78, 5) is 5.03. The van der Waals surface area contributed by atoms with E-state index in [0.29, 0.717) is 0 Å². The maximum Gasteiger partial charge on any atom is 0.0804 e. The van der Waals surface area contributed by atoms with Gasteiger partial charge in [0.25, 0.3) is 0 Å². The summed E-state index contributed by atoms with van der Waals surface area (Å²) >= 11 is 0. The van der Waals surface area contributed by atoms with Crippen LogP contribution in [0, 0.1) is 13.8 Å². The lowest BCUT2D eigenvalue weighted by Crippen LogP contribution is -2.25. The number of aryl methyl sites for hydroxylation is 2. The van der Waals surface area contributed by atoms with Gasteiger partial charge in [-0.15, -0.1) is 0 Å². The van der Waals surface area contributed by atoms with Gasteiger partial charge < -0.3 is 14.4 Å². The number of hydrogen-bond donors (Lipinski definition) is 0. The van der Waals surface area contributed by atoms with Crippen LogP contribution in [0.25, 0.3) is 71.3 Å². The lowest BCUT2D eigenvalue weighted by atomic mass is 9.90. The zero-order valence-corrected chi connectivity index (χ0v) is 34.0. The summed E-state index contributed by atoms with van der Waals surface area (Å²) in [7, 11) is 0. The van der Waals surface area contributed by atoms with E-state index in [1.807, 2.05) is 0 Å². The molecular formula is C58H41N3. The van der Waals surface area contributed by atoms with E-state index in [0.717, 1.165) is 39.6 Å². The van der Waals surface area contributed by atoms with E-state index < -0.39 is 0 Å². The first-order valence-corrected chi connectivity index (χ1v) is 21.1. The van der Waals surface area contributed by atoms with Crippen LogP contribution >= 0.6 is 0 Å². The molecule has 0 saturated carbocycles. The number of benzene rings is 10. The molecule has 3 nitrogen and oxygen atoms in total. The molecule has 0 unspecified atom stereocenters. The summed E-state index contributed by atoms with van der Waals surface area (Å²) in [6.45, 7) is 4.47. The zero-order valence-electron chi connectivity index (χ0n) is 34.0. The van der Waals surface area contributed by atoms with E-state index >= 15 is 0 Å². The topological polar surface area (TPSA) is 11.4 Å². The number of fused-ring (bicyclic) bond motifs is 9. The fourth-order valence-electron chi connectivity index (χ4n) is 10.0. The second-order valence-corrected chi connectivity index (χ2v) is 16.2. The van der Waals surface area contributed by atoms with Gasteiger partial charge in [0.2, 0.25) is 0 Å². The highest BCUT2D eigenvalue weighted by molar-refractivity contribution is 6.23. The fraction of sp³-hybridized carbons (Fsp3) is 0.0345. The van der Waals surface area contributed by atoms with Crippen molar-refractivity contribution in [1.82, 2.24) is 4.57 Å². The maximum atomic E-state index is 2.52. The average Bonchev–Trinajstić information content (AvgIpc) is 3.66. The van der Waals surface area contributed by atoms with E-state index in [4.69, 9.17) is 0 Å². The highest BCUT2D eigenvalue weighted by Crippen LogP contribution is 2.60. The molecule has 0 aliphatic carbocycles. The van der Waals surface area contributed by atoms with Gasteiger partial charge in [0.05, 0.1) is 33.8 Å². The number of rotatable bonds is 5. The van der Waals surface area contributed by atoms with Gasteiger partial charge in [-0.25, -0.2) is 0 Å². The molecule has 1 aliphatic rings. The van der Waals surface area contributed by atoms with Crippen molar-refractivity contribution in [3.05, 3.63) is 223 Å². The number of anilines is 6. The lowest BCUT2D eigenvalue weighted by molar-refractivity contribution is 1.16. The maximum absolute atomic E-state index is 2.52. The van der Waals surface area contributed by atoms with Gasteiger partial charge in [0.1, 0.15) is 0 Å². The van der Waals surface area contributed by atoms with Crippen LogP contribution in [0.4, 0.5) is 34.1 Å². The molecule has 0 atom stereocenters. The van der Waals surface area contributed by atoms with Crippen molar-refractivity contribution < 1.29 is 0 Å². The van der Waals surface area contributed by atoms with Crippen molar-refractivity contribution in [2.75, 3.05) is 9.80 Å². The second kappa shape index (κ2) is 13.9. The smallest absolute Gasteiger partial charge is 0.0804 e. The third kappa shape index (κ3) is 5.37. The van der Waals surface area contributed by atoms with Crippen LogP contribution in [-0.2, 0) is 0 Å². The molecule has 0 bridgehead atoms.